The molecule has 0 aromatic carbocycles. The van der Waals surface area contributed by atoms with E-state index in [9.17, 15) is 9.59 Å². The maximum absolute atomic E-state index is 12.3. The second-order valence-electron chi connectivity index (χ2n) is 7.48. The number of hydrogen-bond acceptors (Lipinski definition) is 5. The number of nitrogens with one attached hydrogen (secondary N) is 1. The van der Waals surface area contributed by atoms with Gasteiger partial charge in [0.05, 0.1) is 18.1 Å². The van der Waals surface area contributed by atoms with Crippen LogP contribution >= 0.6 is 0 Å². The first-order chi connectivity index (χ1) is 10.9. The van der Waals surface area contributed by atoms with Crippen LogP contribution in [0.3, 0.4) is 0 Å². The number of Topliss-reactive ketones (excluding diaryl/α,β-unsaturated/α-hetero) is 1. The summed E-state index contributed by atoms with van der Waals surface area (Å²) in [5, 5.41) is 3.10. The fraction of sp³-hybridized carbons (Fsp3) is 0.778. The van der Waals surface area contributed by atoms with Crippen LogP contribution in [-0.4, -0.2) is 42.7 Å². The summed E-state index contributed by atoms with van der Waals surface area (Å²) in [6.07, 6.45) is 6.11. The van der Waals surface area contributed by atoms with Crippen molar-refractivity contribution in [1.29, 1.82) is 0 Å². The SMILES string of the molecule is CC(=O)CNCC1C(=O)OC2C1CC/C(C)=C/CCC1(C)OC21. The zero-order valence-corrected chi connectivity index (χ0v) is 14.3. The van der Waals surface area contributed by atoms with Gasteiger partial charge in [0.1, 0.15) is 18.0 Å². The largest absolute Gasteiger partial charge is 0.459 e. The molecule has 0 radical (unpaired) electrons. The number of epoxide rings is 1. The van der Waals surface area contributed by atoms with Gasteiger partial charge in [0, 0.05) is 12.5 Å². The minimum Gasteiger partial charge on any atom is -0.459 e. The molecule has 5 heteroatoms. The first-order valence-corrected chi connectivity index (χ1v) is 8.65. The van der Waals surface area contributed by atoms with Crippen molar-refractivity contribution in [3.8, 4) is 0 Å². The van der Waals surface area contributed by atoms with Crippen molar-refractivity contribution in [2.45, 2.75) is 64.3 Å². The lowest BCUT2D eigenvalue weighted by molar-refractivity contribution is -0.144. The van der Waals surface area contributed by atoms with Gasteiger partial charge >= 0.3 is 5.97 Å². The van der Waals surface area contributed by atoms with Crippen molar-refractivity contribution < 1.29 is 19.1 Å². The summed E-state index contributed by atoms with van der Waals surface area (Å²) < 4.78 is 11.7. The van der Waals surface area contributed by atoms with E-state index in [1.807, 2.05) is 0 Å². The molecule has 23 heavy (non-hydrogen) atoms. The number of esters is 1. The Hall–Kier alpha value is -1.20. The van der Waals surface area contributed by atoms with Crippen LogP contribution in [-0.2, 0) is 19.1 Å². The highest BCUT2D eigenvalue weighted by Crippen LogP contribution is 2.50. The molecule has 0 bridgehead atoms. The van der Waals surface area contributed by atoms with Crippen molar-refractivity contribution in [2.24, 2.45) is 11.8 Å². The molecule has 2 fully saturated rings. The van der Waals surface area contributed by atoms with E-state index in [1.165, 1.54) is 5.57 Å². The number of allylic oxidation sites excluding steroid dienone is 2. The van der Waals surface area contributed by atoms with E-state index in [4.69, 9.17) is 9.47 Å². The molecule has 5 atom stereocenters. The van der Waals surface area contributed by atoms with Crippen LogP contribution in [0.4, 0.5) is 0 Å². The average molecular weight is 321 g/mol. The van der Waals surface area contributed by atoms with Crippen LogP contribution < -0.4 is 5.32 Å². The monoisotopic (exact) mass is 321 g/mol. The van der Waals surface area contributed by atoms with Gasteiger partial charge in [0.15, 0.2) is 0 Å². The van der Waals surface area contributed by atoms with Crippen molar-refractivity contribution in [3.05, 3.63) is 11.6 Å². The molecule has 2 saturated heterocycles. The van der Waals surface area contributed by atoms with Crippen molar-refractivity contribution in [1.82, 2.24) is 5.32 Å². The molecule has 0 amide bonds. The summed E-state index contributed by atoms with van der Waals surface area (Å²) in [5.74, 6) is -0.0826. The molecule has 0 aromatic heterocycles. The van der Waals surface area contributed by atoms with E-state index in [2.05, 4.69) is 25.2 Å². The van der Waals surface area contributed by atoms with Gasteiger partial charge in [-0.05, 0) is 46.5 Å². The smallest absolute Gasteiger partial charge is 0.311 e. The van der Waals surface area contributed by atoms with Crippen LogP contribution in [0, 0.1) is 11.8 Å². The van der Waals surface area contributed by atoms with E-state index in [1.54, 1.807) is 6.92 Å². The lowest BCUT2D eigenvalue weighted by atomic mass is 9.80. The van der Waals surface area contributed by atoms with Gasteiger partial charge in [0.2, 0.25) is 0 Å². The number of fused-ring (bicyclic) bond motifs is 3. The minimum absolute atomic E-state index is 0.0288. The highest BCUT2D eigenvalue weighted by Gasteiger charge is 2.62. The van der Waals surface area contributed by atoms with Gasteiger partial charge < -0.3 is 14.8 Å². The third kappa shape index (κ3) is 3.50. The second-order valence-corrected chi connectivity index (χ2v) is 7.48. The highest BCUT2D eigenvalue weighted by atomic mass is 16.6. The molecule has 0 spiro atoms. The van der Waals surface area contributed by atoms with Gasteiger partial charge in [0.25, 0.3) is 0 Å². The lowest BCUT2D eigenvalue weighted by Gasteiger charge is -2.22. The zero-order valence-electron chi connectivity index (χ0n) is 14.3. The molecule has 2 aliphatic heterocycles. The Morgan fingerprint density at radius 2 is 2.26 bits per heavy atom. The Kier molecular flexibility index (Phi) is 4.61. The molecule has 1 N–H and O–H groups in total. The van der Waals surface area contributed by atoms with Crippen LogP contribution in [0.2, 0.25) is 0 Å². The molecule has 5 unspecified atom stereocenters. The number of rotatable bonds is 4. The van der Waals surface area contributed by atoms with Gasteiger partial charge in [-0.15, -0.1) is 0 Å². The third-order valence-electron chi connectivity index (χ3n) is 5.48. The normalized spacial score (nSPS) is 42.0. The number of ether oxygens (including phenoxy) is 2. The molecular formula is C18H27NO4. The van der Waals surface area contributed by atoms with Crippen molar-refractivity contribution >= 4 is 11.8 Å². The summed E-state index contributed by atoms with van der Waals surface area (Å²) in [6.45, 7) is 6.63. The Morgan fingerprint density at radius 1 is 1.48 bits per heavy atom. The molecule has 1 aliphatic carbocycles. The van der Waals surface area contributed by atoms with Crippen molar-refractivity contribution in [2.75, 3.05) is 13.1 Å². The molecule has 3 rings (SSSR count). The Morgan fingerprint density at radius 3 is 3.00 bits per heavy atom. The lowest BCUT2D eigenvalue weighted by Crippen LogP contribution is -2.35. The molecule has 0 aromatic rings. The molecule has 0 saturated carbocycles. The number of carbonyl (C=O) groups is 2. The van der Waals surface area contributed by atoms with E-state index in [0.717, 1.165) is 25.7 Å². The predicted octanol–water partition coefficient (Wildman–Crippen LogP) is 2.00. The summed E-state index contributed by atoms with van der Waals surface area (Å²) in [7, 11) is 0. The molecule has 2 heterocycles. The number of hydrogen-bond donors (Lipinski definition) is 1. The highest BCUT2D eigenvalue weighted by molar-refractivity contribution is 5.78. The predicted molar refractivity (Wildman–Crippen MR) is 85.9 cm³/mol. The van der Waals surface area contributed by atoms with E-state index in [-0.39, 0.29) is 41.4 Å². The fourth-order valence-corrected chi connectivity index (χ4v) is 3.98. The van der Waals surface area contributed by atoms with Crippen LogP contribution in [0.15, 0.2) is 11.6 Å². The standard InChI is InChI=1S/C18H27NO4/c1-11-5-4-8-18(3)16(23-18)15-13(7-6-11)14(17(21)22-15)10-19-9-12(2)20/h5,13-16,19H,4,6-10H2,1-3H3/b11-5+. The quantitative estimate of drug-likeness (QED) is 0.487. The maximum atomic E-state index is 12.3. The van der Waals surface area contributed by atoms with E-state index >= 15 is 0 Å². The first kappa shape index (κ1) is 16.7. The van der Waals surface area contributed by atoms with Gasteiger partial charge in [-0.3, -0.25) is 9.59 Å². The van der Waals surface area contributed by atoms with Gasteiger partial charge in [-0.1, -0.05) is 11.6 Å². The van der Waals surface area contributed by atoms with Crippen LogP contribution in [0.25, 0.3) is 0 Å². The molecule has 5 nitrogen and oxygen atoms in total. The van der Waals surface area contributed by atoms with Gasteiger partial charge in [-0.2, -0.15) is 0 Å². The Balaban J connectivity index is 1.73. The number of ketones is 1. The zero-order chi connectivity index (χ0) is 16.6. The van der Waals surface area contributed by atoms with Crippen LogP contribution in [0.5, 0.6) is 0 Å². The Bertz CT molecular complexity index is 529. The summed E-state index contributed by atoms with van der Waals surface area (Å²) in [6, 6.07) is 0. The third-order valence-corrected chi connectivity index (χ3v) is 5.48. The topological polar surface area (TPSA) is 67.9 Å². The fourth-order valence-electron chi connectivity index (χ4n) is 3.98. The summed E-state index contributed by atoms with van der Waals surface area (Å²) in [5.41, 5.74) is 1.22. The maximum Gasteiger partial charge on any atom is 0.311 e. The molecule has 3 aliphatic rings. The summed E-state index contributed by atoms with van der Waals surface area (Å²) in [4.78, 5) is 23.4. The first-order valence-electron chi connectivity index (χ1n) is 8.65. The van der Waals surface area contributed by atoms with Crippen LogP contribution in [0.1, 0.15) is 46.5 Å². The molecule has 128 valence electrons. The van der Waals surface area contributed by atoms with E-state index < -0.39 is 0 Å². The number of carbonyl (C=O) groups excluding carboxylic acids is 2. The van der Waals surface area contributed by atoms with Gasteiger partial charge in [-0.25, -0.2) is 0 Å². The van der Waals surface area contributed by atoms with Crippen molar-refractivity contribution in [3.63, 3.8) is 0 Å². The molecular weight excluding hydrogens is 294 g/mol. The average Bonchev–Trinajstić information content (AvgIpc) is 3.04. The Labute approximate surface area is 137 Å². The second kappa shape index (κ2) is 6.36. The minimum atomic E-state index is -0.181. The van der Waals surface area contributed by atoms with E-state index in [0.29, 0.717) is 13.1 Å². The summed E-state index contributed by atoms with van der Waals surface area (Å²) >= 11 is 0.